The van der Waals surface area contributed by atoms with Crippen molar-refractivity contribution in [3.8, 4) is 0 Å². The number of rotatable bonds is 5. The number of piperidine rings is 2. The van der Waals surface area contributed by atoms with Gasteiger partial charge in [-0.05, 0) is 70.5 Å². The molecule has 5 nitrogen and oxygen atoms in total. The van der Waals surface area contributed by atoms with Crippen molar-refractivity contribution < 1.29 is 4.79 Å². The van der Waals surface area contributed by atoms with E-state index in [0.717, 1.165) is 37.3 Å². The molecule has 5 heteroatoms. The molecule has 24 heavy (non-hydrogen) atoms. The number of amides is 1. The van der Waals surface area contributed by atoms with E-state index in [9.17, 15) is 4.79 Å². The summed E-state index contributed by atoms with van der Waals surface area (Å²) in [4.78, 5) is 17.5. The van der Waals surface area contributed by atoms with Crippen molar-refractivity contribution in [3.05, 3.63) is 17.0 Å². The highest BCUT2D eigenvalue weighted by Crippen LogP contribution is 2.31. The van der Waals surface area contributed by atoms with Gasteiger partial charge in [-0.15, -0.1) is 0 Å². The molecule has 2 atom stereocenters. The first-order valence-electron chi connectivity index (χ1n) is 9.62. The van der Waals surface area contributed by atoms with Crippen LogP contribution in [0.2, 0.25) is 0 Å². The smallest absolute Gasteiger partial charge is 0.222 e. The van der Waals surface area contributed by atoms with Crippen molar-refractivity contribution in [1.82, 2.24) is 20.0 Å². The Bertz CT molecular complexity index is 546. The van der Waals surface area contributed by atoms with Gasteiger partial charge < -0.3 is 4.90 Å². The van der Waals surface area contributed by atoms with Crippen LogP contribution in [0.25, 0.3) is 0 Å². The minimum atomic E-state index is 0.320. The van der Waals surface area contributed by atoms with Crippen molar-refractivity contribution in [1.29, 1.82) is 0 Å². The molecule has 0 saturated carbocycles. The molecular weight excluding hydrogens is 300 g/mol. The first-order chi connectivity index (χ1) is 11.6. The van der Waals surface area contributed by atoms with E-state index in [-0.39, 0.29) is 0 Å². The van der Waals surface area contributed by atoms with E-state index in [1.165, 1.54) is 37.9 Å². The number of fused-ring (bicyclic) bond motifs is 1. The maximum Gasteiger partial charge on any atom is 0.222 e. The Kier molecular flexibility index (Phi) is 5.59. The van der Waals surface area contributed by atoms with Crippen LogP contribution >= 0.6 is 0 Å². The number of aromatic amines is 1. The van der Waals surface area contributed by atoms with E-state index in [0.29, 0.717) is 24.3 Å². The average molecular weight is 332 g/mol. The quantitative estimate of drug-likeness (QED) is 0.902. The van der Waals surface area contributed by atoms with Crippen LogP contribution in [0.1, 0.15) is 56.0 Å². The SMILES string of the molecule is CCCN1CCC[C@@H]2CN(C(=O)CCc3c(C)n[nH]c3C)CC[C@@H]21. The van der Waals surface area contributed by atoms with E-state index in [4.69, 9.17) is 0 Å². The molecule has 3 heterocycles. The summed E-state index contributed by atoms with van der Waals surface area (Å²) in [6.07, 6.45) is 6.37. The highest BCUT2D eigenvalue weighted by Gasteiger charge is 2.36. The fraction of sp³-hybridized carbons (Fsp3) is 0.789. The summed E-state index contributed by atoms with van der Waals surface area (Å²) in [5, 5.41) is 7.24. The summed E-state index contributed by atoms with van der Waals surface area (Å²) in [7, 11) is 0. The van der Waals surface area contributed by atoms with E-state index < -0.39 is 0 Å². The van der Waals surface area contributed by atoms with Crippen molar-refractivity contribution >= 4 is 5.91 Å². The molecule has 2 aliphatic heterocycles. The Hall–Kier alpha value is -1.36. The number of nitrogens with zero attached hydrogens (tertiary/aromatic N) is 3. The molecule has 1 N–H and O–H groups in total. The lowest BCUT2D eigenvalue weighted by Gasteiger charge is -2.47. The highest BCUT2D eigenvalue weighted by molar-refractivity contribution is 5.76. The maximum absolute atomic E-state index is 12.7. The Balaban J connectivity index is 1.54. The van der Waals surface area contributed by atoms with Crippen LogP contribution in [0.3, 0.4) is 0 Å². The van der Waals surface area contributed by atoms with Gasteiger partial charge in [0.2, 0.25) is 5.91 Å². The van der Waals surface area contributed by atoms with Crippen LogP contribution in [0.4, 0.5) is 0 Å². The minimum Gasteiger partial charge on any atom is -0.342 e. The highest BCUT2D eigenvalue weighted by atomic mass is 16.2. The number of nitrogens with one attached hydrogen (secondary N) is 1. The zero-order chi connectivity index (χ0) is 17.1. The van der Waals surface area contributed by atoms with Gasteiger partial charge in [0.15, 0.2) is 0 Å². The summed E-state index contributed by atoms with van der Waals surface area (Å²) in [6.45, 7) is 10.7. The number of aryl methyl sites for hydroxylation is 2. The van der Waals surface area contributed by atoms with Gasteiger partial charge in [0.1, 0.15) is 0 Å². The second-order valence-electron chi connectivity index (χ2n) is 7.55. The lowest BCUT2D eigenvalue weighted by Crippen LogP contribution is -2.55. The van der Waals surface area contributed by atoms with Gasteiger partial charge in [-0.1, -0.05) is 6.92 Å². The standard InChI is InChI=1S/C19H32N4O/c1-4-10-22-11-5-6-16-13-23(12-9-18(16)22)19(24)8-7-17-14(2)20-21-15(17)3/h16,18H,4-13H2,1-3H3,(H,20,21)/t16-,18+/m1/s1. The molecule has 2 aliphatic rings. The molecule has 0 unspecified atom stereocenters. The van der Waals surface area contributed by atoms with Crippen LogP contribution in [-0.2, 0) is 11.2 Å². The van der Waals surface area contributed by atoms with Crippen LogP contribution < -0.4 is 0 Å². The number of H-pyrrole nitrogens is 1. The summed E-state index contributed by atoms with van der Waals surface area (Å²) < 4.78 is 0. The Labute approximate surface area is 145 Å². The topological polar surface area (TPSA) is 52.2 Å². The first-order valence-corrected chi connectivity index (χ1v) is 9.62. The van der Waals surface area contributed by atoms with Crippen molar-refractivity contribution in [2.24, 2.45) is 5.92 Å². The lowest BCUT2D eigenvalue weighted by atomic mass is 9.83. The Morgan fingerprint density at radius 2 is 2.12 bits per heavy atom. The minimum absolute atomic E-state index is 0.320. The van der Waals surface area contributed by atoms with E-state index in [2.05, 4.69) is 26.9 Å². The van der Waals surface area contributed by atoms with Gasteiger partial charge in [-0.2, -0.15) is 5.10 Å². The normalized spacial score (nSPS) is 24.9. The Morgan fingerprint density at radius 3 is 2.83 bits per heavy atom. The molecule has 0 spiro atoms. The van der Waals surface area contributed by atoms with Crippen molar-refractivity contribution in [2.75, 3.05) is 26.2 Å². The number of aromatic nitrogens is 2. The fourth-order valence-electron chi connectivity index (χ4n) is 4.63. The van der Waals surface area contributed by atoms with Gasteiger partial charge in [0.05, 0.1) is 5.69 Å². The Morgan fingerprint density at radius 1 is 1.29 bits per heavy atom. The molecule has 1 amide bonds. The zero-order valence-corrected chi connectivity index (χ0v) is 15.5. The van der Waals surface area contributed by atoms with Gasteiger partial charge in [0.25, 0.3) is 0 Å². The molecule has 0 aliphatic carbocycles. The third kappa shape index (κ3) is 3.66. The van der Waals surface area contributed by atoms with Gasteiger partial charge in [-0.3, -0.25) is 14.8 Å². The first kappa shape index (κ1) is 17.5. The van der Waals surface area contributed by atoms with Crippen molar-refractivity contribution in [3.63, 3.8) is 0 Å². The molecule has 0 radical (unpaired) electrons. The van der Waals surface area contributed by atoms with Crippen LogP contribution in [-0.4, -0.2) is 58.1 Å². The molecule has 1 aromatic rings. The molecule has 134 valence electrons. The summed E-state index contributed by atoms with van der Waals surface area (Å²) in [5.74, 6) is 1.00. The largest absolute Gasteiger partial charge is 0.342 e. The number of likely N-dealkylation sites (tertiary alicyclic amines) is 2. The second-order valence-corrected chi connectivity index (χ2v) is 7.55. The van der Waals surface area contributed by atoms with Crippen molar-refractivity contribution in [2.45, 2.75) is 65.3 Å². The number of hydrogen-bond acceptors (Lipinski definition) is 3. The summed E-state index contributed by atoms with van der Waals surface area (Å²) in [6, 6.07) is 0.709. The third-order valence-corrected chi connectivity index (χ3v) is 5.92. The lowest BCUT2D eigenvalue weighted by molar-refractivity contribution is -0.134. The number of carbonyl (C=O) groups is 1. The van der Waals surface area contributed by atoms with Crippen LogP contribution in [0, 0.1) is 19.8 Å². The average Bonchev–Trinajstić information content (AvgIpc) is 2.91. The summed E-state index contributed by atoms with van der Waals surface area (Å²) in [5.41, 5.74) is 3.34. The van der Waals surface area contributed by atoms with E-state index >= 15 is 0 Å². The monoisotopic (exact) mass is 332 g/mol. The zero-order valence-electron chi connectivity index (χ0n) is 15.5. The van der Waals surface area contributed by atoms with E-state index in [1.807, 2.05) is 13.8 Å². The van der Waals surface area contributed by atoms with Gasteiger partial charge in [-0.25, -0.2) is 0 Å². The molecule has 2 saturated heterocycles. The summed E-state index contributed by atoms with van der Waals surface area (Å²) >= 11 is 0. The molecule has 2 fully saturated rings. The van der Waals surface area contributed by atoms with E-state index in [1.54, 1.807) is 0 Å². The molecule has 1 aromatic heterocycles. The number of carbonyl (C=O) groups excluding carboxylic acids is 1. The van der Waals surface area contributed by atoms with Crippen LogP contribution in [0.5, 0.6) is 0 Å². The van der Waals surface area contributed by atoms with Crippen LogP contribution in [0.15, 0.2) is 0 Å². The van der Waals surface area contributed by atoms with Gasteiger partial charge >= 0.3 is 0 Å². The molecular formula is C19H32N4O. The molecule has 0 bridgehead atoms. The predicted octanol–water partition coefficient (Wildman–Crippen LogP) is 2.68. The fourth-order valence-corrected chi connectivity index (χ4v) is 4.63. The molecule has 3 rings (SSSR count). The predicted molar refractivity (Wildman–Crippen MR) is 96.0 cm³/mol. The number of hydrogen-bond donors (Lipinski definition) is 1. The maximum atomic E-state index is 12.7. The second kappa shape index (κ2) is 7.68. The van der Waals surface area contributed by atoms with Gasteiger partial charge in [0, 0.05) is 31.2 Å². The third-order valence-electron chi connectivity index (χ3n) is 5.92. The molecule has 0 aromatic carbocycles.